The van der Waals surface area contributed by atoms with E-state index >= 15 is 0 Å². The molecular formula is C24H17FN4O3. The van der Waals surface area contributed by atoms with E-state index in [1.54, 1.807) is 17.0 Å². The summed E-state index contributed by atoms with van der Waals surface area (Å²) in [5, 5.41) is 18.4. The number of amides is 1. The lowest BCUT2D eigenvalue weighted by atomic mass is 9.95. The number of non-ortho nitro benzene ring substituents is 1. The van der Waals surface area contributed by atoms with Crippen LogP contribution in [0.3, 0.4) is 0 Å². The van der Waals surface area contributed by atoms with Crippen molar-refractivity contribution in [1.29, 1.82) is 0 Å². The Balaban J connectivity index is 1.70. The first-order chi connectivity index (χ1) is 15.4. The van der Waals surface area contributed by atoms with Crippen molar-refractivity contribution >= 4 is 17.3 Å². The third-order valence-corrected chi connectivity index (χ3v) is 5.62. The van der Waals surface area contributed by atoms with Crippen LogP contribution in [0.5, 0.6) is 0 Å². The van der Waals surface area contributed by atoms with Crippen LogP contribution in [-0.4, -0.2) is 21.0 Å². The van der Waals surface area contributed by atoms with E-state index in [2.05, 4.69) is 10.2 Å². The number of aryl methyl sites for hydroxylation is 1. The SMILES string of the molecule is Cc1ccc(-c2n[nH]c3c2[C@@H](c2ccc([N+](=O)[O-])cc2)N(c2ccc(F)cc2)C3=O)cc1. The monoisotopic (exact) mass is 428 g/mol. The number of carbonyl (C=O) groups is 1. The molecule has 0 spiro atoms. The van der Waals surface area contributed by atoms with Crippen LogP contribution in [0, 0.1) is 22.9 Å². The summed E-state index contributed by atoms with van der Waals surface area (Å²) < 4.78 is 13.5. The molecule has 0 radical (unpaired) electrons. The van der Waals surface area contributed by atoms with Crippen molar-refractivity contribution in [3.8, 4) is 11.3 Å². The molecule has 8 heteroatoms. The normalized spacial score (nSPS) is 15.1. The van der Waals surface area contributed by atoms with E-state index in [-0.39, 0.29) is 11.6 Å². The van der Waals surface area contributed by atoms with Gasteiger partial charge in [-0.1, -0.05) is 29.8 Å². The largest absolute Gasteiger partial charge is 0.295 e. The minimum absolute atomic E-state index is 0.0439. The Morgan fingerprint density at radius 2 is 1.66 bits per heavy atom. The van der Waals surface area contributed by atoms with Crippen LogP contribution in [0.15, 0.2) is 72.8 Å². The zero-order chi connectivity index (χ0) is 22.4. The molecule has 158 valence electrons. The third kappa shape index (κ3) is 3.13. The summed E-state index contributed by atoms with van der Waals surface area (Å²) in [5.41, 5.74) is 4.73. The maximum absolute atomic E-state index is 13.5. The van der Waals surface area contributed by atoms with Crippen molar-refractivity contribution in [2.75, 3.05) is 4.90 Å². The number of carbonyl (C=O) groups excluding carboxylic acids is 1. The topological polar surface area (TPSA) is 92.1 Å². The van der Waals surface area contributed by atoms with Crippen LogP contribution < -0.4 is 4.90 Å². The average Bonchev–Trinajstić information content (AvgIpc) is 3.34. The molecule has 0 aliphatic carbocycles. The maximum Gasteiger partial charge on any atom is 0.277 e. The highest BCUT2D eigenvalue weighted by Crippen LogP contribution is 2.45. The zero-order valence-corrected chi connectivity index (χ0v) is 16.9. The van der Waals surface area contributed by atoms with Crippen LogP contribution in [0.1, 0.15) is 33.2 Å². The van der Waals surface area contributed by atoms with Crippen LogP contribution in [0.2, 0.25) is 0 Å². The van der Waals surface area contributed by atoms with Crippen molar-refractivity contribution in [2.24, 2.45) is 0 Å². The van der Waals surface area contributed by atoms with Crippen LogP contribution in [0.4, 0.5) is 15.8 Å². The molecule has 2 heterocycles. The predicted molar refractivity (Wildman–Crippen MR) is 117 cm³/mol. The molecule has 3 aromatic carbocycles. The molecule has 1 aromatic heterocycles. The number of fused-ring (bicyclic) bond motifs is 1. The second-order valence-corrected chi connectivity index (χ2v) is 7.63. The number of nitrogens with one attached hydrogen (secondary N) is 1. The predicted octanol–water partition coefficient (Wildman–Crippen LogP) is 5.18. The molecule has 1 aliphatic heterocycles. The minimum Gasteiger partial charge on any atom is -0.295 e. The van der Waals surface area contributed by atoms with Crippen molar-refractivity contribution < 1.29 is 14.1 Å². The lowest BCUT2D eigenvalue weighted by Crippen LogP contribution is -2.29. The van der Waals surface area contributed by atoms with Gasteiger partial charge in [-0.25, -0.2) is 4.39 Å². The fourth-order valence-corrected chi connectivity index (χ4v) is 4.04. The number of halogens is 1. The first-order valence-electron chi connectivity index (χ1n) is 9.93. The lowest BCUT2D eigenvalue weighted by molar-refractivity contribution is -0.384. The maximum atomic E-state index is 13.5. The fraction of sp³-hybridized carbons (Fsp3) is 0.0833. The molecule has 1 atom stereocenters. The number of nitrogens with zero attached hydrogens (tertiary/aromatic N) is 3. The summed E-state index contributed by atoms with van der Waals surface area (Å²) in [6.07, 6.45) is 0. The first-order valence-corrected chi connectivity index (χ1v) is 9.93. The van der Waals surface area contributed by atoms with Crippen molar-refractivity contribution in [3.63, 3.8) is 0 Å². The number of benzene rings is 3. The lowest BCUT2D eigenvalue weighted by Gasteiger charge is -2.26. The number of nitro benzene ring substituents is 1. The number of hydrogen-bond acceptors (Lipinski definition) is 4. The highest BCUT2D eigenvalue weighted by Gasteiger charge is 2.43. The molecule has 0 unspecified atom stereocenters. The van der Waals surface area contributed by atoms with Crippen LogP contribution >= 0.6 is 0 Å². The summed E-state index contributed by atoms with van der Waals surface area (Å²) in [6.45, 7) is 1.98. The van der Waals surface area contributed by atoms with Gasteiger partial charge in [-0.05, 0) is 48.9 Å². The number of aromatic amines is 1. The second-order valence-electron chi connectivity index (χ2n) is 7.63. The highest BCUT2D eigenvalue weighted by atomic mass is 19.1. The molecule has 0 bridgehead atoms. The summed E-state index contributed by atoms with van der Waals surface area (Å²) in [5.74, 6) is -0.714. The van der Waals surface area contributed by atoms with Gasteiger partial charge in [0.1, 0.15) is 11.5 Å². The van der Waals surface area contributed by atoms with E-state index < -0.39 is 16.8 Å². The third-order valence-electron chi connectivity index (χ3n) is 5.62. The Kier molecular flexibility index (Phi) is 4.55. The van der Waals surface area contributed by atoms with Gasteiger partial charge in [-0.15, -0.1) is 0 Å². The van der Waals surface area contributed by atoms with E-state index in [9.17, 15) is 19.3 Å². The van der Waals surface area contributed by atoms with E-state index in [1.165, 1.54) is 36.4 Å². The number of nitro groups is 1. The van der Waals surface area contributed by atoms with Gasteiger partial charge in [0.15, 0.2) is 0 Å². The Hall–Kier alpha value is -4.33. The van der Waals surface area contributed by atoms with Gasteiger partial charge < -0.3 is 0 Å². The van der Waals surface area contributed by atoms with Gasteiger partial charge in [0.2, 0.25) is 0 Å². The van der Waals surface area contributed by atoms with Gasteiger partial charge >= 0.3 is 0 Å². The zero-order valence-electron chi connectivity index (χ0n) is 16.9. The first kappa shape index (κ1) is 19.6. The molecule has 1 N–H and O–H groups in total. The van der Waals surface area contributed by atoms with Gasteiger partial charge in [0.05, 0.1) is 16.7 Å². The second kappa shape index (κ2) is 7.42. The highest BCUT2D eigenvalue weighted by molar-refractivity contribution is 6.11. The van der Waals surface area contributed by atoms with Crippen molar-refractivity contribution in [3.05, 3.63) is 111 Å². The Labute approximate surface area is 182 Å². The Morgan fingerprint density at radius 3 is 2.28 bits per heavy atom. The van der Waals surface area contributed by atoms with Crippen molar-refractivity contribution in [2.45, 2.75) is 13.0 Å². The molecule has 1 amide bonds. The smallest absolute Gasteiger partial charge is 0.277 e. The molecule has 4 aromatic rings. The average molecular weight is 428 g/mol. The molecule has 0 saturated carbocycles. The standard InChI is InChI=1S/C24H17FN4O3/c1-14-2-4-15(5-3-14)21-20-22(27-26-21)24(30)28(18-12-8-17(25)9-13-18)23(20)16-6-10-19(11-7-16)29(31)32/h2-13,23H,1H3,(H,26,27)/t23-/m1/s1. The molecule has 7 nitrogen and oxygen atoms in total. The van der Waals surface area contributed by atoms with Gasteiger partial charge in [-0.3, -0.25) is 24.9 Å². The number of hydrogen-bond donors (Lipinski definition) is 1. The quantitative estimate of drug-likeness (QED) is 0.358. The molecule has 0 saturated heterocycles. The molecular weight excluding hydrogens is 411 g/mol. The summed E-state index contributed by atoms with van der Waals surface area (Å²) >= 11 is 0. The van der Waals surface area contributed by atoms with E-state index in [0.717, 1.165) is 11.1 Å². The van der Waals surface area contributed by atoms with Crippen molar-refractivity contribution in [1.82, 2.24) is 10.2 Å². The summed E-state index contributed by atoms with van der Waals surface area (Å²) in [7, 11) is 0. The Bertz CT molecular complexity index is 1330. The Morgan fingerprint density at radius 1 is 1.00 bits per heavy atom. The van der Waals surface area contributed by atoms with E-state index in [4.69, 9.17) is 0 Å². The minimum atomic E-state index is -0.584. The van der Waals surface area contributed by atoms with Gasteiger partial charge in [-0.2, -0.15) is 5.10 Å². The van der Waals surface area contributed by atoms with Crippen LogP contribution in [0.25, 0.3) is 11.3 Å². The molecule has 5 rings (SSSR count). The van der Waals surface area contributed by atoms with Gasteiger partial charge in [0.25, 0.3) is 11.6 Å². The molecule has 1 aliphatic rings. The van der Waals surface area contributed by atoms with Crippen LogP contribution in [-0.2, 0) is 0 Å². The summed E-state index contributed by atoms with van der Waals surface area (Å²) in [6, 6.07) is 19.0. The number of rotatable bonds is 4. The summed E-state index contributed by atoms with van der Waals surface area (Å²) in [4.78, 5) is 25.6. The molecule has 0 fully saturated rings. The number of aromatic nitrogens is 2. The van der Waals surface area contributed by atoms with E-state index in [0.29, 0.717) is 28.2 Å². The molecule has 32 heavy (non-hydrogen) atoms. The fourth-order valence-electron chi connectivity index (χ4n) is 4.04. The number of anilines is 1. The van der Waals surface area contributed by atoms with Gasteiger partial charge in [0, 0.05) is 28.9 Å². The van der Waals surface area contributed by atoms with E-state index in [1.807, 2.05) is 31.2 Å². The number of H-pyrrole nitrogens is 1.